The van der Waals surface area contributed by atoms with Crippen molar-refractivity contribution >= 4 is 42.2 Å². The van der Waals surface area contributed by atoms with Crippen molar-refractivity contribution in [2.24, 2.45) is 0 Å². The highest BCUT2D eigenvalue weighted by Crippen LogP contribution is 2.42. The average Bonchev–Trinajstić information content (AvgIpc) is 3.20. The number of aliphatic hydroxyl groups is 1. The smallest absolute Gasteiger partial charge is 0.458 e. The number of fused-ring (bicyclic) bond motifs is 5. The number of amides is 1. The van der Waals surface area contributed by atoms with E-state index in [-0.39, 0.29) is 48.4 Å². The molecule has 0 fully saturated rings. The minimum Gasteiger partial charge on any atom is -0.458 e. The molecule has 0 bridgehead atoms. The molecule has 2 aromatic heterocycles. The minimum absolute atomic E-state index is 0.0166. The number of pyridine rings is 2. The fraction of sp³-hybridized carbons (Fsp3) is 0.304. The van der Waals surface area contributed by atoms with Crippen LogP contribution in [0.15, 0.2) is 23.0 Å². The van der Waals surface area contributed by atoms with E-state index in [2.05, 4.69) is 14.8 Å². The van der Waals surface area contributed by atoms with Gasteiger partial charge in [-0.2, -0.15) is 0 Å². The quantitative estimate of drug-likeness (QED) is 0.182. The third-order valence-corrected chi connectivity index (χ3v) is 6.95. The van der Waals surface area contributed by atoms with E-state index in [1.54, 1.807) is 19.9 Å². The van der Waals surface area contributed by atoms with E-state index in [1.807, 2.05) is 5.32 Å². The van der Waals surface area contributed by atoms with Crippen LogP contribution in [0, 0.1) is 5.82 Å². The Morgan fingerprint density at radius 3 is 2.66 bits per heavy atom. The van der Waals surface area contributed by atoms with E-state index in [4.69, 9.17) is 14.5 Å². The number of cyclic esters (lactones) is 1. The summed E-state index contributed by atoms with van der Waals surface area (Å²) in [6, 6.07) is 4.19. The summed E-state index contributed by atoms with van der Waals surface area (Å²) in [7, 11) is -5.17. The molecule has 0 unspecified atom stereocenters. The summed E-state index contributed by atoms with van der Waals surface area (Å²) >= 11 is 0. The monoisotopic (exact) mass is 548 g/mol. The molecule has 1 atom stereocenters. The van der Waals surface area contributed by atoms with Gasteiger partial charge in [0, 0.05) is 29.1 Å². The van der Waals surface area contributed by atoms with Gasteiger partial charge in [0.15, 0.2) is 11.4 Å². The van der Waals surface area contributed by atoms with E-state index in [9.17, 15) is 24.1 Å². The van der Waals surface area contributed by atoms with Crippen LogP contribution in [0.25, 0.3) is 22.3 Å². The third kappa shape index (κ3) is 4.02. The molecule has 5 N–H and O–H groups in total. The Balaban J connectivity index is 1.67. The van der Waals surface area contributed by atoms with Gasteiger partial charge in [-0.3, -0.25) is 19.9 Å². The molecule has 0 aliphatic carbocycles. The van der Waals surface area contributed by atoms with Crippen LogP contribution in [-0.2, 0) is 37.4 Å². The van der Waals surface area contributed by atoms with Crippen LogP contribution in [0.4, 0.5) is 20.6 Å². The molecule has 0 saturated heterocycles. The first-order valence-electron chi connectivity index (χ1n) is 11.5. The van der Waals surface area contributed by atoms with Crippen molar-refractivity contribution in [3.63, 3.8) is 0 Å². The van der Waals surface area contributed by atoms with E-state index in [0.29, 0.717) is 22.3 Å². The van der Waals surface area contributed by atoms with E-state index >= 15 is 4.39 Å². The number of aromatic nitrogens is 2. The second-order valence-electron chi connectivity index (χ2n) is 8.80. The van der Waals surface area contributed by atoms with Gasteiger partial charge in [0.05, 0.1) is 34.7 Å². The molecule has 38 heavy (non-hydrogen) atoms. The van der Waals surface area contributed by atoms with Gasteiger partial charge in [-0.1, -0.05) is 6.92 Å². The SMILES string of the molecule is CCNc1c(NC(=O)OP(=O)(O)O)c(F)cc2nc3c(cc12)Cn1c-3cc2c(c1=O)COC(=O)[C@]2(O)CC. The first kappa shape index (κ1) is 25.8. The van der Waals surface area contributed by atoms with Gasteiger partial charge in [0.25, 0.3) is 5.56 Å². The Kier molecular flexibility index (Phi) is 6.03. The lowest BCUT2D eigenvalue weighted by Gasteiger charge is -2.31. The predicted molar refractivity (Wildman–Crippen MR) is 131 cm³/mol. The second-order valence-corrected chi connectivity index (χ2v) is 9.96. The van der Waals surface area contributed by atoms with E-state index in [0.717, 1.165) is 6.07 Å². The molecule has 200 valence electrons. The van der Waals surface area contributed by atoms with Crippen LogP contribution in [0.3, 0.4) is 0 Å². The Morgan fingerprint density at radius 1 is 1.26 bits per heavy atom. The predicted octanol–water partition coefficient (Wildman–Crippen LogP) is 2.29. The number of carbonyl (C=O) groups excluding carboxylic acids is 2. The highest BCUT2D eigenvalue weighted by molar-refractivity contribution is 7.46. The molecule has 15 heteroatoms. The number of halogens is 1. The summed E-state index contributed by atoms with van der Waals surface area (Å²) in [5, 5.41) is 16.3. The molecule has 2 aliphatic rings. The molecule has 4 heterocycles. The topological polar surface area (TPSA) is 189 Å². The molecule has 0 spiro atoms. The molecule has 13 nitrogen and oxygen atoms in total. The number of hydrogen-bond acceptors (Lipinski definition) is 9. The Labute approximate surface area is 213 Å². The van der Waals surface area contributed by atoms with Crippen molar-refractivity contribution in [1.29, 1.82) is 0 Å². The Hall–Kier alpha value is -3.84. The maximum absolute atomic E-state index is 15.1. The Bertz CT molecular complexity index is 1650. The van der Waals surface area contributed by atoms with Crippen molar-refractivity contribution in [2.45, 2.75) is 39.0 Å². The summed E-state index contributed by atoms with van der Waals surface area (Å²) in [6.07, 6.45) is -1.58. The standard InChI is InChI=1S/C23H22FN4O9P/c1-3-23(32)13-6-16-17-10(8-28(16)20(29)12(13)9-36-21(23)30)5-11-15(26-17)7-14(24)19(18(11)25-4-2)27-22(31)37-38(33,34)35/h5-7,25,32H,3-4,8-9H2,1-2H3,(H,27,31)(H2,33,34,35)/t23-/m0/s1. The number of anilines is 2. The number of ether oxygens (including phenoxy) is 1. The number of carbonyl (C=O) groups is 2. The number of nitrogens with one attached hydrogen (secondary N) is 2. The highest BCUT2D eigenvalue weighted by Gasteiger charge is 2.45. The zero-order chi connectivity index (χ0) is 27.6. The molecule has 1 aromatic carbocycles. The molecule has 0 radical (unpaired) electrons. The lowest BCUT2D eigenvalue weighted by Crippen LogP contribution is -2.44. The van der Waals surface area contributed by atoms with E-state index < -0.39 is 42.6 Å². The van der Waals surface area contributed by atoms with E-state index in [1.165, 1.54) is 10.6 Å². The van der Waals surface area contributed by atoms with Crippen molar-refractivity contribution in [3.05, 3.63) is 51.1 Å². The summed E-state index contributed by atoms with van der Waals surface area (Å²) < 4.78 is 36.6. The van der Waals surface area contributed by atoms with Gasteiger partial charge in [0.2, 0.25) is 0 Å². The van der Waals surface area contributed by atoms with Crippen LogP contribution in [0.1, 0.15) is 37.0 Å². The van der Waals surface area contributed by atoms with Gasteiger partial charge in [-0.15, -0.1) is 0 Å². The number of phosphoric ester groups is 1. The number of hydrogen-bond donors (Lipinski definition) is 5. The van der Waals surface area contributed by atoms with Crippen molar-refractivity contribution in [3.8, 4) is 11.4 Å². The molecule has 0 saturated carbocycles. The summed E-state index contributed by atoms with van der Waals surface area (Å²) in [5.74, 6) is -1.82. The maximum atomic E-state index is 15.1. The average molecular weight is 548 g/mol. The highest BCUT2D eigenvalue weighted by atomic mass is 31.2. The van der Waals surface area contributed by atoms with Crippen LogP contribution in [0.2, 0.25) is 0 Å². The van der Waals surface area contributed by atoms with Gasteiger partial charge >= 0.3 is 19.9 Å². The molecule has 3 aromatic rings. The lowest BCUT2D eigenvalue weighted by molar-refractivity contribution is -0.172. The van der Waals surface area contributed by atoms with Crippen LogP contribution >= 0.6 is 7.82 Å². The number of benzene rings is 1. The molecule has 1 amide bonds. The molecule has 5 rings (SSSR count). The van der Waals surface area contributed by atoms with Gasteiger partial charge < -0.3 is 24.3 Å². The zero-order valence-corrected chi connectivity index (χ0v) is 21.0. The van der Waals surface area contributed by atoms with Crippen LogP contribution < -0.4 is 16.2 Å². The first-order chi connectivity index (χ1) is 17.9. The number of esters is 1. The molecule has 2 aliphatic heterocycles. The maximum Gasteiger partial charge on any atom is 0.528 e. The number of nitrogens with zero attached hydrogens (tertiary/aromatic N) is 2. The van der Waals surface area contributed by atoms with Crippen molar-refractivity contribution in [1.82, 2.24) is 9.55 Å². The summed E-state index contributed by atoms with van der Waals surface area (Å²) in [4.78, 5) is 59.9. The van der Waals surface area contributed by atoms with Crippen LogP contribution in [-0.4, -0.2) is 43.1 Å². The zero-order valence-electron chi connectivity index (χ0n) is 20.1. The molecular formula is C23H22FN4O9P. The van der Waals surface area contributed by atoms with Crippen LogP contribution in [0.5, 0.6) is 0 Å². The minimum atomic E-state index is -5.17. The van der Waals surface area contributed by atoms with Gasteiger partial charge in [0.1, 0.15) is 12.3 Å². The van der Waals surface area contributed by atoms with Gasteiger partial charge in [-0.05, 0) is 25.5 Å². The second kappa shape index (κ2) is 8.88. The van der Waals surface area contributed by atoms with Crippen molar-refractivity contribution in [2.75, 3.05) is 17.2 Å². The number of phosphoric acid groups is 1. The fourth-order valence-electron chi connectivity index (χ4n) is 4.81. The van der Waals surface area contributed by atoms with Crippen molar-refractivity contribution < 1.29 is 42.7 Å². The summed E-state index contributed by atoms with van der Waals surface area (Å²) in [6.45, 7) is 3.40. The number of rotatable bonds is 5. The first-order valence-corrected chi connectivity index (χ1v) is 13.0. The normalized spacial score (nSPS) is 17.9. The Morgan fingerprint density at radius 2 is 2.00 bits per heavy atom. The molecular weight excluding hydrogens is 526 g/mol. The third-order valence-electron chi connectivity index (χ3n) is 6.55. The largest absolute Gasteiger partial charge is 0.528 e. The van der Waals surface area contributed by atoms with Gasteiger partial charge in [-0.25, -0.2) is 23.5 Å². The lowest BCUT2D eigenvalue weighted by atomic mass is 9.86. The summed E-state index contributed by atoms with van der Waals surface area (Å²) in [5.41, 5.74) is -1.08. The fourth-order valence-corrected chi connectivity index (χ4v) is 5.07.